The van der Waals surface area contributed by atoms with E-state index in [-0.39, 0.29) is 11.7 Å². The van der Waals surface area contributed by atoms with Crippen molar-refractivity contribution in [3.05, 3.63) is 29.8 Å². The zero-order valence-corrected chi connectivity index (χ0v) is 10.4. The predicted molar refractivity (Wildman–Crippen MR) is 69.0 cm³/mol. The van der Waals surface area contributed by atoms with Crippen molar-refractivity contribution in [1.29, 1.82) is 0 Å². The number of phenols is 1. The first-order valence-corrected chi connectivity index (χ1v) is 6.27. The van der Waals surface area contributed by atoms with Gasteiger partial charge in [0.1, 0.15) is 5.75 Å². The molecule has 3 nitrogen and oxygen atoms in total. The molecule has 0 unspecified atom stereocenters. The molecule has 0 saturated carbocycles. The highest BCUT2D eigenvalue weighted by Crippen LogP contribution is 2.16. The molecule has 0 atom stereocenters. The summed E-state index contributed by atoms with van der Waals surface area (Å²) in [5.74, 6) is 0.329. The van der Waals surface area contributed by atoms with Crippen LogP contribution in [0, 0.1) is 0 Å². The van der Waals surface area contributed by atoms with Gasteiger partial charge in [0, 0.05) is 13.0 Å². The van der Waals surface area contributed by atoms with Gasteiger partial charge in [-0.1, -0.05) is 38.0 Å². The van der Waals surface area contributed by atoms with Crippen molar-refractivity contribution >= 4 is 5.91 Å². The maximum atomic E-state index is 11.5. The van der Waals surface area contributed by atoms with Crippen LogP contribution in [0.2, 0.25) is 0 Å². The van der Waals surface area contributed by atoms with E-state index in [9.17, 15) is 9.90 Å². The van der Waals surface area contributed by atoms with Crippen molar-refractivity contribution < 1.29 is 9.90 Å². The normalized spacial score (nSPS) is 10.2. The number of nitrogens with one attached hydrogen (secondary N) is 1. The molecule has 17 heavy (non-hydrogen) atoms. The fraction of sp³-hybridized carbons (Fsp3) is 0.500. The molecule has 0 aliphatic rings. The summed E-state index contributed by atoms with van der Waals surface area (Å²) >= 11 is 0. The van der Waals surface area contributed by atoms with Gasteiger partial charge in [0.15, 0.2) is 0 Å². The minimum Gasteiger partial charge on any atom is -0.508 e. The van der Waals surface area contributed by atoms with E-state index in [1.165, 1.54) is 0 Å². The molecule has 0 aromatic heterocycles. The van der Waals surface area contributed by atoms with Crippen molar-refractivity contribution in [3.8, 4) is 5.75 Å². The van der Waals surface area contributed by atoms with Gasteiger partial charge in [-0.2, -0.15) is 0 Å². The number of carbonyl (C=O) groups excluding carboxylic acids is 1. The maximum absolute atomic E-state index is 11.5. The van der Waals surface area contributed by atoms with Gasteiger partial charge in [0.25, 0.3) is 0 Å². The van der Waals surface area contributed by atoms with E-state index in [0.29, 0.717) is 12.8 Å². The highest BCUT2D eigenvalue weighted by atomic mass is 16.3. The van der Waals surface area contributed by atoms with Crippen LogP contribution in [0.4, 0.5) is 0 Å². The Labute approximate surface area is 103 Å². The molecule has 0 bridgehead atoms. The average molecular weight is 235 g/mol. The highest BCUT2D eigenvalue weighted by Gasteiger charge is 2.04. The molecule has 94 valence electrons. The van der Waals surface area contributed by atoms with Crippen LogP contribution in [0.1, 0.15) is 38.2 Å². The summed E-state index contributed by atoms with van der Waals surface area (Å²) in [5.41, 5.74) is 0.830. The number of rotatable bonds is 7. The molecule has 0 spiro atoms. The molecule has 0 radical (unpaired) electrons. The van der Waals surface area contributed by atoms with Crippen molar-refractivity contribution in [2.45, 2.75) is 39.0 Å². The Bertz CT molecular complexity index is 350. The minimum absolute atomic E-state index is 0.0596. The van der Waals surface area contributed by atoms with Gasteiger partial charge < -0.3 is 10.4 Å². The number of phenolic OH excluding ortho intramolecular Hbond substituents is 1. The van der Waals surface area contributed by atoms with Crippen molar-refractivity contribution in [2.75, 3.05) is 6.54 Å². The van der Waals surface area contributed by atoms with Gasteiger partial charge >= 0.3 is 0 Å². The number of unbranched alkanes of at least 4 members (excludes halogenated alkanes) is 2. The monoisotopic (exact) mass is 235 g/mol. The Balaban J connectivity index is 2.22. The summed E-state index contributed by atoms with van der Waals surface area (Å²) in [6.45, 7) is 2.90. The topological polar surface area (TPSA) is 49.3 Å². The molecular formula is C14H21NO2. The molecule has 0 aliphatic heterocycles. The second kappa shape index (κ2) is 7.71. The number of aromatic hydroxyl groups is 1. The second-order valence-corrected chi connectivity index (χ2v) is 4.19. The van der Waals surface area contributed by atoms with Crippen LogP contribution in [0.15, 0.2) is 24.3 Å². The summed E-state index contributed by atoms with van der Waals surface area (Å²) in [4.78, 5) is 11.5. The van der Waals surface area contributed by atoms with E-state index in [2.05, 4.69) is 12.2 Å². The van der Waals surface area contributed by atoms with Crippen LogP contribution in [-0.4, -0.2) is 17.6 Å². The first-order chi connectivity index (χ1) is 8.24. The lowest BCUT2D eigenvalue weighted by Crippen LogP contribution is -2.24. The Kier molecular flexibility index (Phi) is 6.15. The lowest BCUT2D eigenvalue weighted by atomic mass is 10.1. The molecule has 3 heteroatoms. The van der Waals surface area contributed by atoms with Gasteiger partial charge in [-0.15, -0.1) is 0 Å². The van der Waals surface area contributed by atoms with Crippen LogP contribution < -0.4 is 5.32 Å². The summed E-state index contributed by atoms with van der Waals surface area (Å²) in [6.07, 6.45) is 4.38. The van der Waals surface area contributed by atoms with Crippen molar-refractivity contribution in [2.24, 2.45) is 0 Å². The Morgan fingerprint density at radius 1 is 1.29 bits per heavy atom. The number of amides is 1. The van der Waals surface area contributed by atoms with E-state index in [1.54, 1.807) is 12.1 Å². The maximum Gasteiger partial charge on any atom is 0.220 e. The zero-order chi connectivity index (χ0) is 12.5. The van der Waals surface area contributed by atoms with Crippen molar-refractivity contribution in [3.63, 3.8) is 0 Å². The standard InChI is InChI=1S/C14H21NO2/c1-2-3-6-11-15-14(17)10-9-12-7-4-5-8-13(12)16/h4-5,7-8,16H,2-3,6,9-11H2,1H3,(H,15,17). The van der Waals surface area contributed by atoms with E-state index in [4.69, 9.17) is 0 Å². The molecule has 1 aromatic carbocycles. The fourth-order valence-electron chi connectivity index (χ4n) is 1.66. The summed E-state index contributed by atoms with van der Waals surface area (Å²) in [6, 6.07) is 7.14. The van der Waals surface area contributed by atoms with E-state index in [1.807, 2.05) is 12.1 Å². The number of aryl methyl sites for hydroxylation is 1. The first kappa shape index (κ1) is 13.6. The zero-order valence-electron chi connectivity index (χ0n) is 10.4. The smallest absolute Gasteiger partial charge is 0.220 e. The largest absolute Gasteiger partial charge is 0.508 e. The van der Waals surface area contributed by atoms with Gasteiger partial charge in [0.2, 0.25) is 5.91 Å². The number of para-hydroxylation sites is 1. The van der Waals surface area contributed by atoms with Crippen molar-refractivity contribution in [1.82, 2.24) is 5.32 Å². The highest BCUT2D eigenvalue weighted by molar-refractivity contribution is 5.76. The number of carbonyl (C=O) groups is 1. The lowest BCUT2D eigenvalue weighted by molar-refractivity contribution is -0.121. The molecule has 1 rings (SSSR count). The first-order valence-electron chi connectivity index (χ1n) is 6.27. The summed E-state index contributed by atoms with van der Waals surface area (Å²) in [7, 11) is 0. The quantitative estimate of drug-likeness (QED) is 0.714. The van der Waals surface area contributed by atoms with Crippen LogP contribution >= 0.6 is 0 Å². The third-order valence-corrected chi connectivity index (χ3v) is 2.72. The second-order valence-electron chi connectivity index (χ2n) is 4.19. The Hall–Kier alpha value is -1.51. The molecule has 0 saturated heterocycles. The van der Waals surface area contributed by atoms with Gasteiger partial charge in [-0.05, 0) is 24.5 Å². The van der Waals surface area contributed by atoms with E-state index in [0.717, 1.165) is 31.4 Å². The molecule has 0 aliphatic carbocycles. The Morgan fingerprint density at radius 2 is 2.06 bits per heavy atom. The lowest BCUT2D eigenvalue weighted by Gasteiger charge is -2.06. The van der Waals surface area contributed by atoms with Crippen LogP contribution in [0.3, 0.4) is 0 Å². The molecule has 2 N–H and O–H groups in total. The fourth-order valence-corrected chi connectivity index (χ4v) is 1.66. The Morgan fingerprint density at radius 3 is 2.76 bits per heavy atom. The van der Waals surface area contributed by atoms with Gasteiger partial charge in [0.05, 0.1) is 0 Å². The number of hydrogen-bond acceptors (Lipinski definition) is 2. The van der Waals surface area contributed by atoms with Crippen LogP contribution in [-0.2, 0) is 11.2 Å². The third-order valence-electron chi connectivity index (χ3n) is 2.72. The molecular weight excluding hydrogens is 214 g/mol. The average Bonchev–Trinajstić information content (AvgIpc) is 2.34. The minimum atomic E-state index is 0.0596. The summed E-state index contributed by atoms with van der Waals surface area (Å²) in [5, 5.41) is 12.4. The van der Waals surface area contributed by atoms with Gasteiger partial charge in [-0.25, -0.2) is 0 Å². The SMILES string of the molecule is CCCCCNC(=O)CCc1ccccc1O. The van der Waals surface area contributed by atoms with Crippen LogP contribution in [0.5, 0.6) is 5.75 Å². The third kappa shape index (κ3) is 5.38. The van der Waals surface area contributed by atoms with Crippen LogP contribution in [0.25, 0.3) is 0 Å². The molecule has 0 heterocycles. The summed E-state index contributed by atoms with van der Waals surface area (Å²) < 4.78 is 0. The van der Waals surface area contributed by atoms with Gasteiger partial charge in [-0.3, -0.25) is 4.79 Å². The van der Waals surface area contributed by atoms with E-state index < -0.39 is 0 Å². The molecule has 1 aromatic rings. The van der Waals surface area contributed by atoms with E-state index >= 15 is 0 Å². The number of benzene rings is 1. The molecule has 1 amide bonds. The predicted octanol–water partition coefficient (Wildman–Crippen LogP) is 2.63. The molecule has 0 fully saturated rings. The number of hydrogen-bond donors (Lipinski definition) is 2.